The highest BCUT2D eigenvalue weighted by Crippen LogP contribution is 2.41. The molecule has 1 aromatic heterocycles. The predicted molar refractivity (Wildman–Crippen MR) is 197 cm³/mol. The van der Waals surface area contributed by atoms with Crippen LogP contribution >= 0.6 is 0 Å². The van der Waals surface area contributed by atoms with Gasteiger partial charge in [-0.1, -0.05) is 46.5 Å². The number of aliphatic imine (C=N–C) groups is 1. The van der Waals surface area contributed by atoms with Crippen molar-refractivity contribution in [2.24, 2.45) is 16.8 Å². The van der Waals surface area contributed by atoms with Crippen molar-refractivity contribution >= 4 is 36.1 Å². The van der Waals surface area contributed by atoms with Gasteiger partial charge in [0.25, 0.3) is 5.91 Å². The van der Waals surface area contributed by atoms with Crippen LogP contribution in [-0.4, -0.2) is 95.0 Å². The number of H-pyrrole nitrogens is 1. The number of aromatic amines is 1. The molecule has 2 heterocycles. The Morgan fingerprint density at radius 2 is 1.85 bits per heavy atom. The number of carbonyl (C=O) groups excluding carboxylic acids is 4. The number of alkyl carbamates (subject to hydrolysis) is 1. The van der Waals surface area contributed by atoms with E-state index in [1.807, 2.05) is 13.0 Å². The van der Waals surface area contributed by atoms with Crippen LogP contribution in [0.5, 0.6) is 0 Å². The van der Waals surface area contributed by atoms with Crippen molar-refractivity contribution in [2.45, 2.75) is 148 Å². The van der Waals surface area contributed by atoms with Gasteiger partial charge in [0, 0.05) is 13.0 Å². The molecule has 0 unspecified atom stereocenters. The molecule has 2 fully saturated rings. The van der Waals surface area contributed by atoms with Gasteiger partial charge in [0.15, 0.2) is 11.9 Å². The Balaban J connectivity index is 1.92. The van der Waals surface area contributed by atoms with E-state index in [1.54, 1.807) is 48.5 Å². The highest BCUT2D eigenvalue weighted by Gasteiger charge is 2.59. The third-order valence-corrected chi connectivity index (χ3v) is 9.31. The number of carbonyl (C=O) groups is 4. The zero-order valence-electron chi connectivity index (χ0n) is 32.8. The van der Waals surface area contributed by atoms with Crippen LogP contribution < -0.4 is 10.6 Å². The molecule has 54 heavy (non-hydrogen) atoms. The highest BCUT2D eigenvalue weighted by atomic mass is 16.6. The average molecular weight is 759 g/mol. The smallest absolute Gasteiger partial charge is 0.408 e. The molecule has 2 aliphatic rings. The number of nitriles is 1. The molecule has 0 bridgehead atoms. The number of aliphatic hydroxyl groups is 1. The number of aliphatic hydroxyl groups excluding tert-OH is 1. The lowest BCUT2D eigenvalue weighted by molar-refractivity contribution is -0.163. The van der Waals surface area contributed by atoms with Crippen molar-refractivity contribution in [3.05, 3.63) is 23.5 Å². The number of ether oxygens (including phenoxy) is 5. The number of amidine groups is 1. The normalized spacial score (nSPS) is 22.9. The first kappa shape index (κ1) is 44.1. The summed E-state index contributed by atoms with van der Waals surface area (Å²) in [5.41, 5.74) is -4.12. The summed E-state index contributed by atoms with van der Waals surface area (Å²) in [5.74, 6) is -2.33. The summed E-state index contributed by atoms with van der Waals surface area (Å²) in [6.45, 7) is 13.5. The quantitative estimate of drug-likeness (QED) is 0.0516. The van der Waals surface area contributed by atoms with E-state index in [1.165, 1.54) is 12.1 Å². The number of hydrogen-bond acceptors (Lipinski definition) is 12. The van der Waals surface area contributed by atoms with E-state index < -0.39 is 77.6 Å². The molecular formula is C38H58N6O10. The molecular weight excluding hydrogens is 700 g/mol. The van der Waals surface area contributed by atoms with Crippen molar-refractivity contribution in [2.75, 3.05) is 13.2 Å². The first-order valence-corrected chi connectivity index (χ1v) is 18.7. The fourth-order valence-corrected chi connectivity index (χ4v) is 6.23. The molecule has 1 aliphatic heterocycles. The predicted octanol–water partition coefficient (Wildman–Crippen LogP) is 4.53. The number of aromatic nitrogens is 1. The summed E-state index contributed by atoms with van der Waals surface area (Å²) < 4.78 is 28.7. The van der Waals surface area contributed by atoms with Crippen molar-refractivity contribution < 1.29 is 48.0 Å². The maximum absolute atomic E-state index is 13.7. The standard InChI is InChI=1S/C38H58N6O10/c1-9-10-18-51-37(7,8)34(48)44-32(41-22-40)25-16-17-27(42-25)38(21-39)31(46)30(26(53-38)20-50-28(45)19-24-14-12-11-13-15-24)52-33(47)29(23(2)3)43-35(49)54-36(4,5)6/h16-17,22-24,26,29-31,42,46H,9-15,18-20H2,1-8H3,(H,43,49)(H2,40,41,44,48)/t26-,29-,30-,31-,38+/m1/s1. The summed E-state index contributed by atoms with van der Waals surface area (Å²) in [5, 5.41) is 35.2. The largest absolute Gasteiger partial charge is 0.463 e. The van der Waals surface area contributed by atoms with E-state index in [-0.39, 0.29) is 29.6 Å². The molecule has 3 rings (SSSR count). The summed E-state index contributed by atoms with van der Waals surface area (Å²) in [4.78, 5) is 59.3. The molecule has 0 spiro atoms. The van der Waals surface area contributed by atoms with Gasteiger partial charge in [0.05, 0.1) is 11.4 Å². The van der Waals surface area contributed by atoms with Crippen LogP contribution in [0.4, 0.5) is 4.79 Å². The van der Waals surface area contributed by atoms with Gasteiger partial charge < -0.3 is 44.4 Å². The van der Waals surface area contributed by atoms with Gasteiger partial charge in [0.2, 0.25) is 5.60 Å². The van der Waals surface area contributed by atoms with Gasteiger partial charge in [-0.3, -0.25) is 15.0 Å². The Kier molecular flexibility index (Phi) is 15.8. The van der Waals surface area contributed by atoms with Crippen molar-refractivity contribution in [3.8, 4) is 6.07 Å². The molecule has 16 heteroatoms. The van der Waals surface area contributed by atoms with Crippen LogP contribution in [0, 0.1) is 28.6 Å². The molecule has 2 amide bonds. The molecule has 1 saturated heterocycles. The lowest BCUT2D eigenvalue weighted by atomic mass is 9.87. The number of hydrogen-bond donors (Lipinski definition) is 5. The number of nitrogens with zero attached hydrogens (tertiary/aromatic N) is 2. The zero-order valence-corrected chi connectivity index (χ0v) is 32.8. The summed E-state index contributed by atoms with van der Waals surface area (Å²) in [6, 6.07) is 3.68. The maximum Gasteiger partial charge on any atom is 0.408 e. The minimum absolute atomic E-state index is 0.00209. The second kappa shape index (κ2) is 19.3. The molecule has 5 N–H and O–H groups in total. The monoisotopic (exact) mass is 758 g/mol. The van der Waals surface area contributed by atoms with Gasteiger partial charge in [-0.25, -0.2) is 14.6 Å². The van der Waals surface area contributed by atoms with Crippen LogP contribution in [0.3, 0.4) is 0 Å². The lowest BCUT2D eigenvalue weighted by Gasteiger charge is -2.28. The molecule has 1 saturated carbocycles. The molecule has 5 atom stereocenters. The fraction of sp³-hybridized carbons (Fsp3) is 0.711. The zero-order chi connectivity index (χ0) is 40.3. The molecule has 0 radical (unpaired) electrons. The SMILES string of the molecule is CCCCOC(C)(C)C(=O)N/C(=N/C=N)c1ccc([C@]2(C#N)O[C@H](COC(=O)CC3CCCCC3)[C@@H](OC(=O)[C@H](NC(=O)OC(C)(C)C)C(C)C)[C@H]2O)[nH]1. The van der Waals surface area contributed by atoms with E-state index >= 15 is 0 Å². The number of unbranched alkanes of at least 4 members (excludes halogenated alkanes) is 1. The van der Waals surface area contributed by atoms with Gasteiger partial charge in [-0.05, 0) is 77.8 Å². The van der Waals surface area contributed by atoms with E-state index in [0.29, 0.717) is 6.61 Å². The van der Waals surface area contributed by atoms with Crippen LogP contribution in [0.25, 0.3) is 0 Å². The summed E-state index contributed by atoms with van der Waals surface area (Å²) >= 11 is 0. The van der Waals surface area contributed by atoms with E-state index in [2.05, 4.69) is 20.6 Å². The van der Waals surface area contributed by atoms with Crippen molar-refractivity contribution in [3.63, 3.8) is 0 Å². The third kappa shape index (κ3) is 11.8. The minimum Gasteiger partial charge on any atom is -0.463 e. The van der Waals surface area contributed by atoms with E-state index in [4.69, 9.17) is 29.1 Å². The highest BCUT2D eigenvalue weighted by molar-refractivity contribution is 6.10. The number of nitrogens with one attached hydrogen (secondary N) is 4. The van der Waals surface area contributed by atoms with Gasteiger partial charge >= 0.3 is 18.0 Å². The van der Waals surface area contributed by atoms with E-state index in [0.717, 1.165) is 51.3 Å². The van der Waals surface area contributed by atoms with Gasteiger partial charge in [0.1, 0.15) is 48.5 Å². The molecule has 1 aliphatic carbocycles. The Labute approximate surface area is 317 Å². The number of rotatable bonds is 16. The molecule has 300 valence electrons. The van der Waals surface area contributed by atoms with Gasteiger partial charge in [-0.15, -0.1) is 0 Å². The fourth-order valence-electron chi connectivity index (χ4n) is 6.23. The van der Waals surface area contributed by atoms with Crippen molar-refractivity contribution in [1.82, 2.24) is 15.6 Å². The Morgan fingerprint density at radius 3 is 2.44 bits per heavy atom. The molecule has 1 aromatic rings. The van der Waals surface area contributed by atoms with E-state index in [9.17, 15) is 29.5 Å². The second-order valence-electron chi connectivity index (χ2n) is 15.7. The Morgan fingerprint density at radius 1 is 1.17 bits per heavy atom. The third-order valence-electron chi connectivity index (χ3n) is 9.31. The molecule has 0 aromatic carbocycles. The Bertz CT molecular complexity index is 1540. The van der Waals surface area contributed by atoms with Crippen molar-refractivity contribution in [1.29, 1.82) is 10.7 Å². The number of esters is 2. The van der Waals surface area contributed by atoms with Gasteiger partial charge in [-0.2, -0.15) is 5.26 Å². The maximum atomic E-state index is 13.7. The molecule has 16 nitrogen and oxygen atoms in total. The Hall–Kier alpha value is -4.33. The second-order valence-corrected chi connectivity index (χ2v) is 15.7. The first-order valence-electron chi connectivity index (χ1n) is 18.7. The number of amides is 2. The van der Waals surface area contributed by atoms with Crippen LogP contribution in [-0.2, 0) is 43.7 Å². The summed E-state index contributed by atoms with van der Waals surface area (Å²) in [7, 11) is 0. The topological polar surface area (TPSA) is 235 Å². The van der Waals surface area contributed by atoms with Crippen LogP contribution in [0.1, 0.15) is 118 Å². The summed E-state index contributed by atoms with van der Waals surface area (Å²) in [6.07, 6.45) is 2.03. The van der Waals surface area contributed by atoms with Crippen LogP contribution in [0.2, 0.25) is 0 Å². The van der Waals surface area contributed by atoms with Crippen LogP contribution in [0.15, 0.2) is 17.1 Å². The minimum atomic E-state index is -2.20. The average Bonchev–Trinajstić information content (AvgIpc) is 3.69. The lowest BCUT2D eigenvalue weighted by Crippen LogP contribution is -2.50. The first-order chi connectivity index (χ1) is 25.4.